The lowest BCUT2D eigenvalue weighted by molar-refractivity contribution is -0.136. The third kappa shape index (κ3) is 7.72. The minimum atomic E-state index is -4.54. The number of carbonyl (C=O) groups excluding carboxylic acids is 3. The molecular formula is C26H26Cl2F3N5O4. The second-order valence-corrected chi connectivity index (χ2v) is 10.4. The second kappa shape index (κ2) is 12.3. The Morgan fingerprint density at radius 2 is 1.68 bits per heavy atom. The number of amides is 2. The number of rotatable bonds is 11. The summed E-state index contributed by atoms with van der Waals surface area (Å²) in [4.78, 5) is 51.2. The maximum Gasteiger partial charge on any atom is 0.390 e. The largest absolute Gasteiger partial charge is 0.390 e. The summed E-state index contributed by atoms with van der Waals surface area (Å²) in [7, 11) is 0. The van der Waals surface area contributed by atoms with Gasteiger partial charge in [0.15, 0.2) is 11.6 Å². The standard InChI is InChI=1S/C26H26Cl2F3N5O4/c1-25(2,23(32)39)33-22(38)19(18-5-3-4-6-20(18)28)13-17(37)14-36-24(40)35(12-11-26(29,30)31)21(34-36)15-7-9-16(27)10-8-15/h3-10,19H,11-14H2,1-2H3,(H2,32,39)(H,33,38). The molecule has 214 valence electrons. The molecule has 9 nitrogen and oxygen atoms in total. The number of nitrogens with zero attached hydrogens (tertiary/aromatic N) is 3. The van der Waals surface area contributed by atoms with Gasteiger partial charge in [-0.1, -0.05) is 41.4 Å². The Hall–Kier alpha value is -3.64. The number of nitrogens with two attached hydrogens (primary N) is 1. The molecule has 1 atom stereocenters. The van der Waals surface area contributed by atoms with E-state index in [2.05, 4.69) is 10.4 Å². The number of benzene rings is 2. The first-order valence-electron chi connectivity index (χ1n) is 12.0. The SMILES string of the molecule is CC(C)(NC(=O)C(CC(=O)Cn1nc(-c2ccc(Cl)cc2)n(CCC(F)(F)F)c1=O)c1ccccc1Cl)C(N)=O. The van der Waals surface area contributed by atoms with Crippen LogP contribution < -0.4 is 16.7 Å². The topological polar surface area (TPSA) is 129 Å². The van der Waals surface area contributed by atoms with Crippen molar-refractivity contribution in [2.24, 2.45) is 5.73 Å². The molecule has 0 fully saturated rings. The molecule has 2 aromatic carbocycles. The zero-order chi connectivity index (χ0) is 29.8. The summed E-state index contributed by atoms with van der Waals surface area (Å²) in [6.07, 6.45) is -6.29. The minimum Gasteiger partial charge on any atom is -0.368 e. The number of primary amides is 1. The van der Waals surface area contributed by atoms with Crippen molar-refractivity contribution in [2.75, 3.05) is 0 Å². The van der Waals surface area contributed by atoms with Gasteiger partial charge in [-0.05, 0) is 49.7 Å². The van der Waals surface area contributed by atoms with Crippen LogP contribution in [0.25, 0.3) is 11.4 Å². The minimum absolute atomic E-state index is 0.0812. The van der Waals surface area contributed by atoms with Gasteiger partial charge in [-0.2, -0.15) is 13.2 Å². The van der Waals surface area contributed by atoms with Gasteiger partial charge in [-0.3, -0.25) is 19.0 Å². The lowest BCUT2D eigenvalue weighted by Gasteiger charge is -2.26. The predicted octanol–water partition coefficient (Wildman–Crippen LogP) is 4.09. The van der Waals surface area contributed by atoms with E-state index in [0.717, 1.165) is 9.25 Å². The molecule has 3 N–H and O–H groups in total. The number of halogens is 5. The molecule has 1 heterocycles. The van der Waals surface area contributed by atoms with Crippen molar-refractivity contribution >= 4 is 40.8 Å². The Morgan fingerprint density at radius 3 is 2.25 bits per heavy atom. The molecule has 0 aliphatic carbocycles. The first kappa shape index (κ1) is 30.9. The van der Waals surface area contributed by atoms with Gasteiger partial charge in [-0.15, -0.1) is 5.10 Å². The highest BCUT2D eigenvalue weighted by Crippen LogP contribution is 2.29. The number of alkyl halides is 3. The maximum absolute atomic E-state index is 13.2. The van der Waals surface area contributed by atoms with Crippen LogP contribution in [0.2, 0.25) is 10.0 Å². The number of hydrogen-bond acceptors (Lipinski definition) is 5. The average molecular weight is 600 g/mol. The van der Waals surface area contributed by atoms with E-state index >= 15 is 0 Å². The van der Waals surface area contributed by atoms with Gasteiger partial charge in [0.1, 0.15) is 12.1 Å². The zero-order valence-corrected chi connectivity index (χ0v) is 23.0. The molecule has 0 saturated heterocycles. The van der Waals surface area contributed by atoms with Gasteiger partial charge in [0, 0.05) is 28.6 Å². The van der Waals surface area contributed by atoms with Crippen LogP contribution in [0.3, 0.4) is 0 Å². The van der Waals surface area contributed by atoms with Crippen molar-refractivity contribution in [3.63, 3.8) is 0 Å². The third-order valence-electron chi connectivity index (χ3n) is 6.05. The van der Waals surface area contributed by atoms with E-state index in [1.54, 1.807) is 12.1 Å². The maximum atomic E-state index is 13.2. The quantitative estimate of drug-likeness (QED) is 0.343. The lowest BCUT2D eigenvalue weighted by atomic mass is 9.91. The van der Waals surface area contributed by atoms with Crippen LogP contribution in [0.15, 0.2) is 53.3 Å². The van der Waals surface area contributed by atoms with Crippen molar-refractivity contribution < 1.29 is 27.6 Å². The molecule has 0 spiro atoms. The van der Waals surface area contributed by atoms with Crippen LogP contribution in [0, 0.1) is 0 Å². The highest BCUT2D eigenvalue weighted by Gasteiger charge is 2.33. The van der Waals surface area contributed by atoms with Crippen LogP contribution >= 0.6 is 23.2 Å². The van der Waals surface area contributed by atoms with Crippen molar-refractivity contribution in [1.82, 2.24) is 19.7 Å². The predicted molar refractivity (Wildman–Crippen MR) is 143 cm³/mol. The summed E-state index contributed by atoms with van der Waals surface area (Å²) in [6, 6.07) is 12.2. The summed E-state index contributed by atoms with van der Waals surface area (Å²) >= 11 is 12.2. The van der Waals surface area contributed by atoms with E-state index in [4.69, 9.17) is 28.9 Å². The van der Waals surface area contributed by atoms with Gasteiger partial charge in [-0.25, -0.2) is 9.48 Å². The number of hydrogen-bond donors (Lipinski definition) is 2. The molecule has 1 aromatic heterocycles. The molecule has 0 aliphatic rings. The summed E-state index contributed by atoms with van der Waals surface area (Å²) < 4.78 is 40.5. The summed E-state index contributed by atoms with van der Waals surface area (Å²) in [6.45, 7) is 1.43. The van der Waals surface area contributed by atoms with E-state index in [9.17, 15) is 32.3 Å². The fraction of sp³-hybridized carbons (Fsp3) is 0.346. The molecule has 3 rings (SSSR count). The fourth-order valence-corrected chi connectivity index (χ4v) is 4.21. The van der Waals surface area contributed by atoms with Crippen molar-refractivity contribution in [2.45, 2.75) is 57.4 Å². The highest BCUT2D eigenvalue weighted by molar-refractivity contribution is 6.31. The fourth-order valence-electron chi connectivity index (χ4n) is 3.81. The lowest BCUT2D eigenvalue weighted by Crippen LogP contribution is -2.54. The van der Waals surface area contributed by atoms with E-state index < -0.39 is 66.9 Å². The Kier molecular flexibility index (Phi) is 9.47. The summed E-state index contributed by atoms with van der Waals surface area (Å²) in [5, 5.41) is 7.18. The van der Waals surface area contributed by atoms with Crippen LogP contribution in [0.5, 0.6) is 0 Å². The summed E-state index contributed by atoms with van der Waals surface area (Å²) in [5.41, 5.74) is 3.59. The molecular weight excluding hydrogens is 574 g/mol. The smallest absolute Gasteiger partial charge is 0.368 e. The van der Waals surface area contributed by atoms with Gasteiger partial charge < -0.3 is 11.1 Å². The van der Waals surface area contributed by atoms with Gasteiger partial charge in [0.05, 0.1) is 12.3 Å². The first-order valence-corrected chi connectivity index (χ1v) is 12.7. The van der Waals surface area contributed by atoms with E-state index in [1.807, 2.05) is 0 Å². The highest BCUT2D eigenvalue weighted by atomic mass is 35.5. The zero-order valence-electron chi connectivity index (χ0n) is 21.5. The molecule has 0 aliphatic heterocycles. The van der Waals surface area contributed by atoms with Crippen LogP contribution in [0.1, 0.15) is 38.2 Å². The Morgan fingerprint density at radius 1 is 1.05 bits per heavy atom. The van der Waals surface area contributed by atoms with E-state index in [1.165, 1.54) is 50.2 Å². The molecule has 2 amide bonds. The Bertz CT molecular complexity index is 1470. The van der Waals surface area contributed by atoms with E-state index in [-0.39, 0.29) is 10.8 Å². The number of ketones is 1. The molecule has 0 radical (unpaired) electrons. The van der Waals surface area contributed by atoms with Gasteiger partial charge >= 0.3 is 11.9 Å². The average Bonchev–Trinajstić information content (AvgIpc) is 3.16. The van der Waals surface area contributed by atoms with E-state index in [0.29, 0.717) is 16.1 Å². The van der Waals surface area contributed by atoms with Crippen molar-refractivity contribution in [3.8, 4) is 11.4 Å². The molecule has 40 heavy (non-hydrogen) atoms. The van der Waals surface area contributed by atoms with Crippen LogP contribution in [-0.4, -0.2) is 43.7 Å². The summed E-state index contributed by atoms with van der Waals surface area (Å²) in [5.74, 6) is -3.41. The molecule has 0 bridgehead atoms. The van der Waals surface area contributed by atoms with Gasteiger partial charge in [0.25, 0.3) is 0 Å². The number of Topliss-reactive ketones (excluding diaryl/α,β-unsaturated/α-hetero) is 1. The number of nitrogens with one attached hydrogen (secondary N) is 1. The third-order valence-corrected chi connectivity index (χ3v) is 6.65. The second-order valence-electron chi connectivity index (χ2n) is 9.58. The Labute approximate surface area is 237 Å². The normalized spacial score (nSPS) is 12.7. The number of carbonyl (C=O) groups is 3. The molecule has 3 aromatic rings. The first-order chi connectivity index (χ1) is 18.6. The number of aromatic nitrogens is 3. The molecule has 0 saturated carbocycles. The monoisotopic (exact) mass is 599 g/mol. The van der Waals surface area contributed by atoms with Crippen molar-refractivity contribution in [1.29, 1.82) is 0 Å². The molecule has 14 heteroatoms. The van der Waals surface area contributed by atoms with Crippen LogP contribution in [0.4, 0.5) is 13.2 Å². The Balaban J connectivity index is 1.94. The van der Waals surface area contributed by atoms with Gasteiger partial charge in [0.2, 0.25) is 11.8 Å². The molecule has 1 unspecified atom stereocenters. The van der Waals surface area contributed by atoms with Crippen LogP contribution in [-0.2, 0) is 27.5 Å². The van der Waals surface area contributed by atoms with Crippen molar-refractivity contribution in [3.05, 3.63) is 74.6 Å².